The van der Waals surface area contributed by atoms with Gasteiger partial charge in [0.15, 0.2) is 0 Å². The number of likely N-dealkylation sites (N-methyl/N-ethyl adjacent to an activating group) is 1. The fraction of sp³-hybridized carbons (Fsp3) is 0.208. The number of para-hydroxylation sites is 1. The minimum Gasteiger partial charge on any atom is -0.489 e. The highest BCUT2D eigenvalue weighted by Gasteiger charge is 2.09. The molecule has 0 unspecified atom stereocenters. The zero-order valence-corrected chi connectivity index (χ0v) is 16.5. The van der Waals surface area contributed by atoms with E-state index in [0.717, 1.165) is 23.5 Å². The van der Waals surface area contributed by atoms with E-state index in [1.54, 1.807) is 24.3 Å². The quantitative estimate of drug-likeness (QED) is 0.366. The molecule has 0 heterocycles. The van der Waals surface area contributed by atoms with Crippen molar-refractivity contribution in [3.8, 4) is 11.5 Å². The molecule has 0 fully saturated rings. The molecule has 0 aliphatic rings. The van der Waals surface area contributed by atoms with Crippen molar-refractivity contribution in [1.82, 2.24) is 0 Å². The smallest absolute Gasteiger partial charge is 0.489 e. The summed E-state index contributed by atoms with van der Waals surface area (Å²) >= 11 is 0. The van der Waals surface area contributed by atoms with Gasteiger partial charge in [0.05, 0.1) is 6.54 Å². The summed E-state index contributed by atoms with van der Waals surface area (Å²) in [4.78, 5) is 13.9. The number of benzene rings is 3. The number of carbonyl (C=O) groups excluding carboxylic acids is 1. The first-order valence-electron chi connectivity index (χ1n) is 9.66. The Balaban J connectivity index is 1.49. The van der Waals surface area contributed by atoms with Crippen molar-refractivity contribution in [3.05, 3.63) is 90.5 Å². The Morgan fingerprint density at radius 2 is 1.55 bits per heavy atom. The predicted octanol–water partition coefficient (Wildman–Crippen LogP) is 5.31. The molecule has 5 heteroatoms. The van der Waals surface area contributed by atoms with Gasteiger partial charge in [0.2, 0.25) is 0 Å². The van der Waals surface area contributed by atoms with Gasteiger partial charge in [-0.3, -0.25) is 0 Å². The third-order valence-electron chi connectivity index (χ3n) is 4.34. The average molecular weight is 391 g/mol. The lowest BCUT2D eigenvalue weighted by atomic mass is 10.2. The van der Waals surface area contributed by atoms with Crippen molar-refractivity contribution in [2.75, 3.05) is 24.6 Å². The number of nitrogens with zero attached hydrogens (tertiary/aromatic N) is 1. The van der Waals surface area contributed by atoms with Crippen LogP contribution < -0.4 is 14.4 Å². The van der Waals surface area contributed by atoms with Gasteiger partial charge < -0.3 is 19.1 Å². The van der Waals surface area contributed by atoms with E-state index in [9.17, 15) is 4.79 Å². The van der Waals surface area contributed by atoms with E-state index in [-0.39, 0.29) is 6.61 Å². The molecule has 0 aliphatic carbocycles. The van der Waals surface area contributed by atoms with Crippen LogP contribution >= 0.6 is 0 Å². The fourth-order valence-corrected chi connectivity index (χ4v) is 2.83. The summed E-state index contributed by atoms with van der Waals surface area (Å²) in [5, 5.41) is 0. The van der Waals surface area contributed by atoms with Gasteiger partial charge in [-0.1, -0.05) is 54.6 Å². The number of ether oxygens (including phenoxy) is 3. The summed E-state index contributed by atoms with van der Waals surface area (Å²) < 4.78 is 16.2. The Morgan fingerprint density at radius 1 is 0.862 bits per heavy atom. The van der Waals surface area contributed by atoms with Gasteiger partial charge >= 0.3 is 6.16 Å². The molecule has 0 bridgehead atoms. The predicted molar refractivity (Wildman–Crippen MR) is 114 cm³/mol. The van der Waals surface area contributed by atoms with Crippen LogP contribution in [-0.2, 0) is 11.3 Å². The summed E-state index contributed by atoms with van der Waals surface area (Å²) in [7, 11) is 0. The molecule has 0 aromatic heterocycles. The van der Waals surface area contributed by atoms with Crippen molar-refractivity contribution in [3.63, 3.8) is 0 Å². The number of rotatable bonds is 9. The van der Waals surface area contributed by atoms with Crippen molar-refractivity contribution in [1.29, 1.82) is 0 Å². The van der Waals surface area contributed by atoms with Crippen LogP contribution in [0, 0.1) is 0 Å². The lowest BCUT2D eigenvalue weighted by Crippen LogP contribution is -2.28. The van der Waals surface area contributed by atoms with Gasteiger partial charge in [-0.05, 0) is 36.8 Å². The van der Waals surface area contributed by atoms with E-state index < -0.39 is 6.16 Å². The van der Waals surface area contributed by atoms with Crippen LogP contribution in [0.5, 0.6) is 11.5 Å². The third kappa shape index (κ3) is 6.57. The van der Waals surface area contributed by atoms with E-state index in [1.807, 2.05) is 60.7 Å². The largest absolute Gasteiger partial charge is 0.513 e. The molecule has 3 rings (SSSR count). The van der Waals surface area contributed by atoms with Crippen molar-refractivity contribution >= 4 is 11.8 Å². The number of carbonyl (C=O) groups is 1. The van der Waals surface area contributed by atoms with Gasteiger partial charge in [-0.25, -0.2) is 4.79 Å². The Hall–Kier alpha value is -3.47. The van der Waals surface area contributed by atoms with Crippen LogP contribution in [0.1, 0.15) is 12.5 Å². The summed E-state index contributed by atoms with van der Waals surface area (Å²) in [6, 6.07) is 26.8. The first-order chi connectivity index (χ1) is 14.2. The van der Waals surface area contributed by atoms with Crippen LogP contribution in [0.25, 0.3) is 0 Å². The molecule has 3 aromatic rings. The van der Waals surface area contributed by atoms with Gasteiger partial charge in [0.1, 0.15) is 24.7 Å². The first kappa shape index (κ1) is 20.3. The molecular weight excluding hydrogens is 366 g/mol. The summed E-state index contributed by atoms with van der Waals surface area (Å²) in [5.41, 5.74) is 2.13. The molecule has 0 radical (unpaired) electrons. The average Bonchev–Trinajstić information content (AvgIpc) is 2.77. The maximum atomic E-state index is 11.8. The Kier molecular flexibility index (Phi) is 7.52. The minimum absolute atomic E-state index is 0.231. The van der Waals surface area contributed by atoms with Gasteiger partial charge in [0, 0.05) is 18.3 Å². The molecule has 0 aliphatic heterocycles. The van der Waals surface area contributed by atoms with Crippen molar-refractivity contribution in [2.45, 2.75) is 13.5 Å². The standard InChI is InChI=1S/C24H25NO4/c1-2-25(16-17-27-24(26)29-22-13-7-4-8-14-22)21-12-9-15-23(18-21)28-19-20-10-5-3-6-11-20/h3-15,18H,2,16-17,19H2,1H3. The number of hydrogen-bond donors (Lipinski definition) is 0. The normalized spacial score (nSPS) is 10.2. The Morgan fingerprint density at radius 3 is 2.28 bits per heavy atom. The molecule has 5 nitrogen and oxygen atoms in total. The van der Waals surface area contributed by atoms with E-state index in [2.05, 4.69) is 11.8 Å². The van der Waals surface area contributed by atoms with Gasteiger partial charge in [-0.2, -0.15) is 0 Å². The topological polar surface area (TPSA) is 48.0 Å². The highest BCUT2D eigenvalue weighted by atomic mass is 16.7. The Bertz CT molecular complexity index is 884. The summed E-state index contributed by atoms with van der Waals surface area (Å²) in [6.45, 7) is 4.14. The molecule has 0 saturated heterocycles. The van der Waals surface area contributed by atoms with Crippen LogP contribution in [0.3, 0.4) is 0 Å². The number of anilines is 1. The van der Waals surface area contributed by atoms with Crippen LogP contribution in [-0.4, -0.2) is 25.9 Å². The molecular formula is C24H25NO4. The summed E-state index contributed by atoms with van der Waals surface area (Å²) in [6.07, 6.45) is -0.702. The molecule has 0 atom stereocenters. The summed E-state index contributed by atoms with van der Waals surface area (Å²) in [5.74, 6) is 1.27. The Labute approximate surface area is 171 Å². The molecule has 0 amide bonds. The fourth-order valence-electron chi connectivity index (χ4n) is 2.83. The lowest BCUT2D eigenvalue weighted by molar-refractivity contribution is 0.101. The van der Waals surface area contributed by atoms with E-state index >= 15 is 0 Å². The van der Waals surface area contributed by atoms with E-state index in [0.29, 0.717) is 18.9 Å². The second-order valence-corrected chi connectivity index (χ2v) is 6.36. The minimum atomic E-state index is -0.702. The molecule has 3 aromatic carbocycles. The van der Waals surface area contributed by atoms with Crippen LogP contribution in [0.2, 0.25) is 0 Å². The van der Waals surface area contributed by atoms with Gasteiger partial charge in [-0.15, -0.1) is 0 Å². The third-order valence-corrected chi connectivity index (χ3v) is 4.34. The molecule has 150 valence electrons. The van der Waals surface area contributed by atoms with Gasteiger partial charge in [0.25, 0.3) is 0 Å². The molecule has 0 saturated carbocycles. The molecule has 0 N–H and O–H groups in total. The van der Waals surface area contributed by atoms with Crippen molar-refractivity contribution < 1.29 is 19.0 Å². The highest BCUT2D eigenvalue weighted by Crippen LogP contribution is 2.22. The van der Waals surface area contributed by atoms with Crippen molar-refractivity contribution in [2.24, 2.45) is 0 Å². The maximum Gasteiger partial charge on any atom is 0.513 e. The molecule has 0 spiro atoms. The monoisotopic (exact) mass is 391 g/mol. The van der Waals surface area contributed by atoms with Crippen LogP contribution in [0.15, 0.2) is 84.9 Å². The van der Waals surface area contributed by atoms with E-state index in [1.165, 1.54) is 0 Å². The van der Waals surface area contributed by atoms with E-state index in [4.69, 9.17) is 14.2 Å². The zero-order valence-electron chi connectivity index (χ0n) is 16.5. The zero-order chi connectivity index (χ0) is 20.3. The first-order valence-corrected chi connectivity index (χ1v) is 9.66. The molecule has 29 heavy (non-hydrogen) atoms. The number of hydrogen-bond acceptors (Lipinski definition) is 5. The lowest BCUT2D eigenvalue weighted by Gasteiger charge is -2.23. The highest BCUT2D eigenvalue weighted by molar-refractivity contribution is 5.63. The maximum absolute atomic E-state index is 11.8. The SMILES string of the molecule is CCN(CCOC(=O)Oc1ccccc1)c1cccc(OCc2ccccc2)c1. The second-order valence-electron chi connectivity index (χ2n) is 6.36. The van der Waals surface area contributed by atoms with Crippen LogP contribution in [0.4, 0.5) is 10.5 Å². The second kappa shape index (κ2) is 10.8.